The number of hydrogen-bond acceptors (Lipinski definition) is 17. The second kappa shape index (κ2) is 36.5. The maximum atomic E-state index is 14.0. The highest BCUT2D eigenvalue weighted by molar-refractivity contribution is 5.99. The summed E-state index contributed by atoms with van der Waals surface area (Å²) in [6, 6.07) is -0.441. The second-order valence-corrected chi connectivity index (χ2v) is 20.2. The number of carbonyl (C=O) groups is 12. The Kier molecular flexibility index (Phi) is 30.9. The van der Waals surface area contributed by atoms with Crippen molar-refractivity contribution in [2.24, 2.45) is 33.8 Å². The van der Waals surface area contributed by atoms with Gasteiger partial charge in [-0.1, -0.05) is 56.3 Å². The number of nitrogens with zero attached hydrogens (tertiary/aromatic N) is 1. The summed E-state index contributed by atoms with van der Waals surface area (Å²) in [5, 5.41) is 70.6. The van der Waals surface area contributed by atoms with E-state index in [1.54, 1.807) is 44.2 Å². The van der Waals surface area contributed by atoms with Crippen LogP contribution in [0.25, 0.3) is 0 Å². The molecule has 9 amide bonds. The number of benzene rings is 2. The van der Waals surface area contributed by atoms with Gasteiger partial charge in [-0.25, -0.2) is 4.79 Å². The Morgan fingerprint density at radius 1 is 0.536 bits per heavy atom. The van der Waals surface area contributed by atoms with Crippen LogP contribution in [0.1, 0.15) is 90.2 Å². The molecule has 2 aromatic carbocycles. The number of rotatable bonds is 38. The summed E-state index contributed by atoms with van der Waals surface area (Å²) in [6.07, 6.45) is -3.37. The first-order valence-electron chi connectivity index (χ1n) is 26.9. The summed E-state index contributed by atoms with van der Waals surface area (Å²) < 4.78 is 0. The summed E-state index contributed by atoms with van der Waals surface area (Å²) >= 11 is 0. The van der Waals surface area contributed by atoms with Crippen LogP contribution in [0.2, 0.25) is 0 Å². The van der Waals surface area contributed by atoms with Gasteiger partial charge in [0, 0.05) is 19.4 Å². The Balaban J connectivity index is 2.26. The average molecular weight is 1190 g/mol. The van der Waals surface area contributed by atoms with Crippen molar-refractivity contribution in [2.75, 3.05) is 19.6 Å². The first kappa shape index (κ1) is 71.1. The number of amides is 9. The SMILES string of the molecule is CC(C)C[C@H](NC(=O)[C@H](CCCN=C(N)N)NC(=O)[C@@H](N)CC(=O)O)C(=O)N[C@@H](C)C(=O)NCC(=O)N[C@@H](CCCCN)C(=O)N[C@H](C(=O)N[C@@H](Cc1ccccc1)C(=O)N[C@@H](CC(=O)O)C(=O)N[C@@H](Cc1ccc(O)cc1)C(=O)O)[C@@H](C)O. The van der Waals surface area contributed by atoms with E-state index in [-0.39, 0.29) is 75.7 Å². The molecule has 0 aromatic heterocycles. The molecular formula is C53H80N14O17. The zero-order valence-electron chi connectivity index (χ0n) is 47.1. The van der Waals surface area contributed by atoms with Crippen molar-refractivity contribution in [1.29, 1.82) is 0 Å². The highest BCUT2D eigenvalue weighted by atomic mass is 16.4. The molecule has 0 fully saturated rings. The van der Waals surface area contributed by atoms with Gasteiger partial charge in [0.15, 0.2) is 5.96 Å². The van der Waals surface area contributed by atoms with Crippen molar-refractivity contribution < 1.29 is 83.1 Å². The number of aliphatic hydroxyl groups is 1. The molecule has 2 aromatic rings. The molecule has 0 bridgehead atoms. The van der Waals surface area contributed by atoms with E-state index in [0.717, 1.165) is 6.92 Å². The molecule has 0 unspecified atom stereocenters. The van der Waals surface area contributed by atoms with Crippen LogP contribution in [-0.4, -0.2) is 183 Å². The number of aliphatic carboxylic acids is 3. The molecule has 0 spiro atoms. The van der Waals surface area contributed by atoms with Gasteiger partial charge in [0.25, 0.3) is 0 Å². The van der Waals surface area contributed by atoms with E-state index in [1.165, 1.54) is 31.2 Å². The van der Waals surface area contributed by atoms with Crippen LogP contribution in [0.5, 0.6) is 5.75 Å². The molecular weight excluding hydrogens is 1100 g/mol. The van der Waals surface area contributed by atoms with Gasteiger partial charge in [-0.15, -0.1) is 0 Å². The number of phenolic OH excluding ortho intramolecular Hbond substituents is 1. The van der Waals surface area contributed by atoms with Crippen LogP contribution < -0.4 is 70.8 Å². The number of nitrogens with two attached hydrogens (primary N) is 4. The van der Waals surface area contributed by atoms with Gasteiger partial charge in [-0.3, -0.25) is 57.7 Å². The van der Waals surface area contributed by atoms with Crippen molar-refractivity contribution in [3.63, 3.8) is 0 Å². The van der Waals surface area contributed by atoms with Gasteiger partial charge in [0.1, 0.15) is 54.1 Å². The fourth-order valence-corrected chi connectivity index (χ4v) is 7.99. The van der Waals surface area contributed by atoms with Crippen molar-refractivity contribution in [3.8, 4) is 5.75 Å². The van der Waals surface area contributed by atoms with Gasteiger partial charge < -0.3 is 96.3 Å². The molecule has 0 saturated heterocycles. The molecule has 84 heavy (non-hydrogen) atoms. The molecule has 31 nitrogen and oxygen atoms in total. The maximum absolute atomic E-state index is 14.0. The minimum atomic E-state index is -1.89. The second-order valence-electron chi connectivity index (χ2n) is 20.2. The van der Waals surface area contributed by atoms with E-state index < -0.39 is 151 Å². The third-order valence-corrected chi connectivity index (χ3v) is 12.4. The normalized spacial score (nSPS) is 14.5. The fraction of sp³-hybridized carbons (Fsp3) is 0.528. The fourth-order valence-electron chi connectivity index (χ4n) is 7.99. The van der Waals surface area contributed by atoms with E-state index in [0.29, 0.717) is 17.5 Å². The number of carboxylic acids is 3. The first-order chi connectivity index (χ1) is 39.5. The molecule has 31 heteroatoms. The minimum Gasteiger partial charge on any atom is -0.508 e. The van der Waals surface area contributed by atoms with Gasteiger partial charge in [0.05, 0.1) is 31.5 Å². The predicted octanol–water partition coefficient (Wildman–Crippen LogP) is -4.84. The minimum absolute atomic E-state index is 0.0363. The largest absolute Gasteiger partial charge is 0.508 e. The number of hydrogen-bond donors (Lipinski definition) is 18. The number of unbranched alkanes of at least 4 members (excludes halogenated alkanes) is 1. The monoisotopic (exact) mass is 1180 g/mol. The summed E-state index contributed by atoms with van der Waals surface area (Å²) in [5.74, 6) is -13.9. The Morgan fingerprint density at radius 3 is 1.61 bits per heavy atom. The van der Waals surface area contributed by atoms with Gasteiger partial charge in [0.2, 0.25) is 53.2 Å². The first-order valence-corrected chi connectivity index (χ1v) is 26.9. The lowest BCUT2D eigenvalue weighted by atomic mass is 10.0. The number of carboxylic acid groups (broad SMARTS) is 3. The molecule has 0 aliphatic rings. The van der Waals surface area contributed by atoms with Crippen LogP contribution >= 0.6 is 0 Å². The highest BCUT2D eigenvalue weighted by Gasteiger charge is 2.36. The maximum Gasteiger partial charge on any atom is 0.326 e. The van der Waals surface area contributed by atoms with Crippen molar-refractivity contribution in [3.05, 3.63) is 65.7 Å². The predicted molar refractivity (Wildman–Crippen MR) is 300 cm³/mol. The van der Waals surface area contributed by atoms with Crippen molar-refractivity contribution in [1.82, 2.24) is 47.9 Å². The van der Waals surface area contributed by atoms with Gasteiger partial charge in [-0.05, 0) is 88.1 Å². The van der Waals surface area contributed by atoms with E-state index in [4.69, 9.17) is 28.0 Å². The number of aromatic hydroxyl groups is 1. The van der Waals surface area contributed by atoms with Crippen LogP contribution in [0.4, 0.5) is 0 Å². The molecule has 0 saturated carbocycles. The molecule has 464 valence electrons. The topological polar surface area (TPSA) is 531 Å². The van der Waals surface area contributed by atoms with Crippen molar-refractivity contribution >= 4 is 77.0 Å². The molecule has 10 atom stereocenters. The molecule has 0 aliphatic heterocycles. The van der Waals surface area contributed by atoms with E-state index in [1.807, 2.05) is 0 Å². The number of phenols is 1. The van der Waals surface area contributed by atoms with Crippen LogP contribution in [0.3, 0.4) is 0 Å². The van der Waals surface area contributed by atoms with Crippen molar-refractivity contribution in [2.45, 2.75) is 152 Å². The van der Waals surface area contributed by atoms with Gasteiger partial charge >= 0.3 is 17.9 Å². The molecule has 0 heterocycles. The molecule has 0 aliphatic carbocycles. The Bertz CT molecular complexity index is 2600. The molecule has 0 radical (unpaired) electrons. The number of guanidine groups is 1. The number of carbonyl (C=O) groups excluding carboxylic acids is 9. The standard InChI is InChI=1S/C53H80N14O17/c1-27(2)21-36(63-46(77)35(14-10-20-58-53(56)57)62-45(76)33(55)24-41(71)72)48(79)60-28(3)44(75)59-26-40(70)61-34(13-8-9-19-54)47(78)67-43(29(4)68)51(82)65-37(22-30-11-6-5-7-12-30)49(80)64-38(25-42(73)74)50(81)66-39(52(83)84)23-31-15-17-32(69)18-16-31/h5-7,11-12,15-18,27-29,33-39,43,68-69H,8-10,13-14,19-26,54-55H2,1-4H3,(H,59,75)(H,60,79)(H,61,70)(H,62,76)(H,63,77)(H,64,80)(H,65,82)(H,66,81)(H,67,78)(H,71,72)(H,73,74)(H,83,84)(H4,56,57,58)/t28-,29+,33-,34-,35-,36-,37-,38-,39-,43-/m0/s1. The zero-order valence-corrected chi connectivity index (χ0v) is 47.1. The highest BCUT2D eigenvalue weighted by Crippen LogP contribution is 2.14. The van der Waals surface area contributed by atoms with Crippen LogP contribution in [0, 0.1) is 5.92 Å². The molecule has 22 N–H and O–H groups in total. The number of nitrogens with one attached hydrogen (secondary N) is 9. The smallest absolute Gasteiger partial charge is 0.326 e. The van der Waals surface area contributed by atoms with Gasteiger partial charge in [-0.2, -0.15) is 0 Å². The Labute approximate surface area is 484 Å². The summed E-state index contributed by atoms with van der Waals surface area (Å²) in [7, 11) is 0. The zero-order chi connectivity index (χ0) is 63.2. The Morgan fingerprint density at radius 2 is 1.04 bits per heavy atom. The molecule has 2 rings (SSSR count). The summed E-state index contributed by atoms with van der Waals surface area (Å²) in [5.41, 5.74) is 23.0. The lowest BCUT2D eigenvalue weighted by molar-refractivity contribution is -0.144. The van der Waals surface area contributed by atoms with E-state index >= 15 is 0 Å². The van der Waals surface area contributed by atoms with E-state index in [9.17, 15) is 78.0 Å². The third-order valence-electron chi connectivity index (χ3n) is 12.4. The van der Waals surface area contributed by atoms with Crippen LogP contribution in [-0.2, 0) is 70.4 Å². The third kappa shape index (κ3) is 27.2. The lowest BCUT2D eigenvalue weighted by Gasteiger charge is -2.28. The Hall–Kier alpha value is -8.97. The van der Waals surface area contributed by atoms with E-state index in [2.05, 4.69) is 52.8 Å². The average Bonchev–Trinajstić information content (AvgIpc) is 3.52. The summed E-state index contributed by atoms with van der Waals surface area (Å²) in [6.45, 7) is 5.37. The number of aliphatic imine (C=N–C) groups is 1. The number of aliphatic hydroxyl groups excluding tert-OH is 1. The van der Waals surface area contributed by atoms with Crippen LogP contribution in [0.15, 0.2) is 59.6 Å². The lowest BCUT2D eigenvalue weighted by Crippen LogP contribution is -2.61. The summed E-state index contributed by atoms with van der Waals surface area (Å²) in [4.78, 5) is 161. The quantitative estimate of drug-likeness (QED) is 0.0170.